The van der Waals surface area contributed by atoms with Gasteiger partial charge in [0, 0.05) is 11.7 Å². The molecule has 0 spiro atoms. The van der Waals surface area contributed by atoms with Gasteiger partial charge in [0.15, 0.2) is 0 Å². The van der Waals surface area contributed by atoms with Crippen molar-refractivity contribution in [2.45, 2.75) is 19.9 Å². The quantitative estimate of drug-likeness (QED) is 0.842. The molecular weight excluding hydrogens is 274 g/mol. The lowest BCUT2D eigenvalue weighted by molar-refractivity contribution is 0.102. The summed E-state index contributed by atoms with van der Waals surface area (Å²) in [6, 6.07) is 11.0. The Bertz CT molecular complexity index is 596. The van der Waals surface area contributed by atoms with Crippen LogP contribution in [0.3, 0.4) is 0 Å². The number of carbonyl (C=O) groups is 1. The van der Waals surface area contributed by atoms with Gasteiger partial charge in [-0.3, -0.25) is 4.79 Å². The topological polar surface area (TPSA) is 54.0 Å². The summed E-state index contributed by atoms with van der Waals surface area (Å²) in [5.74, 6) is -0.183. The van der Waals surface area contributed by atoms with Gasteiger partial charge in [0.1, 0.15) is 5.15 Å². The fraction of sp³-hybridized carbons (Fsp3) is 0.200. The van der Waals surface area contributed by atoms with Crippen LogP contribution in [0.2, 0.25) is 5.15 Å². The van der Waals surface area contributed by atoms with E-state index in [-0.39, 0.29) is 11.9 Å². The van der Waals surface area contributed by atoms with Crippen molar-refractivity contribution in [3.8, 4) is 0 Å². The summed E-state index contributed by atoms with van der Waals surface area (Å²) >= 11 is 5.71. The monoisotopic (exact) mass is 289 g/mol. The van der Waals surface area contributed by atoms with Gasteiger partial charge in [0.25, 0.3) is 5.91 Å². The van der Waals surface area contributed by atoms with Crippen molar-refractivity contribution in [2.24, 2.45) is 0 Å². The van der Waals surface area contributed by atoms with E-state index in [4.69, 9.17) is 11.6 Å². The van der Waals surface area contributed by atoms with Gasteiger partial charge in [0.2, 0.25) is 0 Å². The molecule has 1 heterocycles. The SMILES string of the molecule is CC(C)Nc1ccccc1C(=O)Nc1ccc(Cl)nc1. The highest BCUT2D eigenvalue weighted by Gasteiger charge is 2.11. The van der Waals surface area contributed by atoms with Crippen molar-refractivity contribution < 1.29 is 4.79 Å². The number of anilines is 2. The van der Waals surface area contributed by atoms with E-state index in [1.165, 1.54) is 6.20 Å². The minimum atomic E-state index is -0.183. The smallest absolute Gasteiger partial charge is 0.257 e. The number of rotatable bonds is 4. The highest BCUT2D eigenvalue weighted by molar-refractivity contribution is 6.29. The van der Waals surface area contributed by atoms with Crippen LogP contribution in [0.5, 0.6) is 0 Å². The van der Waals surface area contributed by atoms with Crippen LogP contribution in [0.4, 0.5) is 11.4 Å². The summed E-state index contributed by atoms with van der Waals surface area (Å²) in [7, 11) is 0. The number of nitrogens with zero attached hydrogens (tertiary/aromatic N) is 1. The zero-order valence-electron chi connectivity index (χ0n) is 11.4. The first-order valence-electron chi connectivity index (χ1n) is 6.34. The molecule has 0 aliphatic heterocycles. The summed E-state index contributed by atoms with van der Waals surface area (Å²) in [5.41, 5.74) is 2.01. The van der Waals surface area contributed by atoms with Gasteiger partial charge in [-0.2, -0.15) is 0 Å². The minimum Gasteiger partial charge on any atom is -0.382 e. The molecule has 0 saturated carbocycles. The van der Waals surface area contributed by atoms with Gasteiger partial charge < -0.3 is 10.6 Å². The summed E-state index contributed by atoms with van der Waals surface area (Å²) in [6.45, 7) is 4.05. The molecule has 1 aromatic carbocycles. The molecular formula is C15H16ClN3O. The Morgan fingerprint density at radius 1 is 1.20 bits per heavy atom. The molecule has 2 N–H and O–H groups in total. The fourth-order valence-electron chi connectivity index (χ4n) is 1.77. The molecule has 1 aromatic heterocycles. The van der Waals surface area contributed by atoms with Gasteiger partial charge in [-0.1, -0.05) is 23.7 Å². The largest absolute Gasteiger partial charge is 0.382 e. The van der Waals surface area contributed by atoms with E-state index in [0.717, 1.165) is 5.69 Å². The molecule has 0 unspecified atom stereocenters. The lowest BCUT2D eigenvalue weighted by Crippen LogP contribution is -2.17. The number of pyridine rings is 1. The van der Waals surface area contributed by atoms with Crippen molar-refractivity contribution in [2.75, 3.05) is 10.6 Å². The normalized spacial score (nSPS) is 10.4. The maximum absolute atomic E-state index is 12.3. The maximum Gasteiger partial charge on any atom is 0.257 e. The zero-order valence-corrected chi connectivity index (χ0v) is 12.1. The Labute approximate surface area is 123 Å². The molecule has 104 valence electrons. The summed E-state index contributed by atoms with van der Waals surface area (Å²) in [6.07, 6.45) is 1.53. The van der Waals surface area contributed by atoms with Gasteiger partial charge in [-0.15, -0.1) is 0 Å². The minimum absolute atomic E-state index is 0.183. The van der Waals surface area contributed by atoms with Crippen LogP contribution >= 0.6 is 11.6 Å². The van der Waals surface area contributed by atoms with E-state index in [2.05, 4.69) is 15.6 Å². The molecule has 0 radical (unpaired) electrons. The van der Waals surface area contributed by atoms with Crippen LogP contribution in [0, 0.1) is 0 Å². The first kappa shape index (κ1) is 14.3. The summed E-state index contributed by atoms with van der Waals surface area (Å²) < 4.78 is 0. The standard InChI is InChI=1S/C15H16ClN3O/c1-10(2)18-13-6-4-3-5-12(13)15(20)19-11-7-8-14(16)17-9-11/h3-10,18H,1-2H3,(H,19,20). The number of benzene rings is 1. The van der Waals surface area contributed by atoms with Gasteiger partial charge in [-0.05, 0) is 38.1 Å². The summed E-state index contributed by atoms with van der Waals surface area (Å²) in [5, 5.41) is 6.44. The van der Waals surface area contributed by atoms with Crippen molar-refractivity contribution in [3.63, 3.8) is 0 Å². The number of aromatic nitrogens is 1. The van der Waals surface area contributed by atoms with E-state index in [9.17, 15) is 4.79 Å². The first-order chi connectivity index (χ1) is 9.56. The van der Waals surface area contributed by atoms with Crippen molar-refractivity contribution in [1.82, 2.24) is 4.98 Å². The fourth-order valence-corrected chi connectivity index (χ4v) is 1.88. The van der Waals surface area contributed by atoms with Crippen LogP contribution in [-0.2, 0) is 0 Å². The molecule has 0 saturated heterocycles. The molecule has 0 aliphatic carbocycles. The zero-order chi connectivity index (χ0) is 14.5. The van der Waals surface area contributed by atoms with E-state index in [0.29, 0.717) is 16.4 Å². The second-order valence-electron chi connectivity index (χ2n) is 4.67. The van der Waals surface area contributed by atoms with Crippen LogP contribution in [-0.4, -0.2) is 16.9 Å². The van der Waals surface area contributed by atoms with E-state index < -0.39 is 0 Å². The Kier molecular flexibility index (Phi) is 4.58. The molecule has 0 fully saturated rings. The van der Waals surface area contributed by atoms with E-state index >= 15 is 0 Å². The van der Waals surface area contributed by atoms with Crippen LogP contribution < -0.4 is 10.6 Å². The molecule has 5 heteroatoms. The summed E-state index contributed by atoms with van der Waals surface area (Å²) in [4.78, 5) is 16.2. The third-order valence-electron chi connectivity index (χ3n) is 2.60. The number of amides is 1. The second-order valence-corrected chi connectivity index (χ2v) is 5.06. The highest BCUT2D eigenvalue weighted by atomic mass is 35.5. The average molecular weight is 290 g/mol. The van der Waals surface area contributed by atoms with Crippen molar-refractivity contribution >= 4 is 28.9 Å². The van der Waals surface area contributed by atoms with Crippen LogP contribution in [0.15, 0.2) is 42.6 Å². The molecule has 2 aromatic rings. The lowest BCUT2D eigenvalue weighted by Gasteiger charge is -2.14. The predicted molar refractivity (Wildman–Crippen MR) is 82.4 cm³/mol. The van der Waals surface area contributed by atoms with E-state index in [1.807, 2.05) is 32.0 Å². The van der Waals surface area contributed by atoms with Crippen molar-refractivity contribution in [1.29, 1.82) is 0 Å². The van der Waals surface area contributed by atoms with Gasteiger partial charge in [-0.25, -0.2) is 4.98 Å². The molecule has 20 heavy (non-hydrogen) atoms. The molecule has 0 bridgehead atoms. The number of hydrogen-bond acceptors (Lipinski definition) is 3. The average Bonchev–Trinajstić information content (AvgIpc) is 2.41. The Morgan fingerprint density at radius 2 is 1.95 bits per heavy atom. The van der Waals surface area contributed by atoms with Gasteiger partial charge in [0.05, 0.1) is 17.4 Å². The molecule has 2 rings (SSSR count). The molecule has 4 nitrogen and oxygen atoms in total. The predicted octanol–water partition coefficient (Wildman–Crippen LogP) is 3.81. The molecule has 0 atom stereocenters. The second kappa shape index (κ2) is 6.39. The number of nitrogens with one attached hydrogen (secondary N) is 2. The number of halogens is 1. The molecule has 1 amide bonds. The number of carbonyl (C=O) groups excluding carboxylic acids is 1. The number of hydrogen-bond donors (Lipinski definition) is 2. The van der Waals surface area contributed by atoms with Crippen LogP contribution in [0.1, 0.15) is 24.2 Å². The Morgan fingerprint density at radius 3 is 2.60 bits per heavy atom. The third kappa shape index (κ3) is 3.71. The first-order valence-corrected chi connectivity index (χ1v) is 6.72. The third-order valence-corrected chi connectivity index (χ3v) is 2.82. The van der Waals surface area contributed by atoms with E-state index in [1.54, 1.807) is 18.2 Å². The highest BCUT2D eigenvalue weighted by Crippen LogP contribution is 2.18. The van der Waals surface area contributed by atoms with Crippen LogP contribution in [0.25, 0.3) is 0 Å². The molecule has 0 aliphatic rings. The van der Waals surface area contributed by atoms with Crippen molar-refractivity contribution in [3.05, 3.63) is 53.3 Å². The van der Waals surface area contributed by atoms with Gasteiger partial charge >= 0.3 is 0 Å². The Hall–Kier alpha value is -2.07. The lowest BCUT2D eigenvalue weighted by atomic mass is 10.1. The maximum atomic E-state index is 12.3. The Balaban J connectivity index is 2.18. The number of para-hydroxylation sites is 1.